The van der Waals surface area contributed by atoms with Crippen LogP contribution in [0, 0.1) is 0 Å². The Kier molecular flexibility index (Phi) is 10.7. The number of aromatic carboxylic acids is 1. The van der Waals surface area contributed by atoms with E-state index < -0.39 is 37.4 Å². The number of fused-ring (bicyclic) bond motifs is 1. The van der Waals surface area contributed by atoms with Gasteiger partial charge in [0.15, 0.2) is 5.82 Å². The number of hydrogen-bond donors (Lipinski definition) is 1. The summed E-state index contributed by atoms with van der Waals surface area (Å²) in [5, 5.41) is 10.0. The molecule has 0 spiro atoms. The molecule has 0 atom stereocenters. The standard InChI is InChI=1S/C27H44N4O8Si/c1-11-12-13-37-23-28-18-16-19(22(32)33)30(17-36-14-15-40(8,9)10)20(18)21(29-23)31(24(34)38-26(2,3)4)25(35)39-27(5,6)7/h16H,11-15,17H2,1-10H3,(H,32,33). The zero-order valence-electron chi connectivity index (χ0n) is 25.4. The lowest BCUT2D eigenvalue weighted by Gasteiger charge is -2.28. The van der Waals surface area contributed by atoms with Gasteiger partial charge < -0.3 is 28.6 Å². The molecule has 224 valence electrons. The summed E-state index contributed by atoms with van der Waals surface area (Å²) in [4.78, 5) is 48.7. The first-order chi connectivity index (χ1) is 18.3. The van der Waals surface area contributed by atoms with Crippen molar-refractivity contribution >= 4 is 43.1 Å². The van der Waals surface area contributed by atoms with Crippen LogP contribution in [0.4, 0.5) is 15.4 Å². The predicted octanol–water partition coefficient (Wildman–Crippen LogP) is 6.30. The Labute approximate surface area is 237 Å². The van der Waals surface area contributed by atoms with Gasteiger partial charge in [-0.1, -0.05) is 33.0 Å². The van der Waals surface area contributed by atoms with Gasteiger partial charge in [-0.2, -0.15) is 14.9 Å². The van der Waals surface area contributed by atoms with Crippen LogP contribution in [0.3, 0.4) is 0 Å². The molecule has 0 radical (unpaired) electrons. The number of carbonyl (C=O) groups is 3. The predicted molar refractivity (Wildman–Crippen MR) is 154 cm³/mol. The lowest BCUT2D eigenvalue weighted by Crippen LogP contribution is -2.44. The van der Waals surface area contributed by atoms with Crippen LogP contribution in [-0.2, 0) is 20.9 Å². The van der Waals surface area contributed by atoms with Crippen LogP contribution < -0.4 is 9.64 Å². The summed E-state index contributed by atoms with van der Waals surface area (Å²) < 4.78 is 24.0. The van der Waals surface area contributed by atoms with E-state index in [9.17, 15) is 19.5 Å². The van der Waals surface area contributed by atoms with E-state index in [0.29, 0.717) is 17.9 Å². The molecule has 0 bridgehead atoms. The number of rotatable bonds is 11. The molecule has 13 heteroatoms. The van der Waals surface area contributed by atoms with E-state index in [1.165, 1.54) is 10.6 Å². The van der Waals surface area contributed by atoms with Crippen molar-refractivity contribution in [2.24, 2.45) is 0 Å². The number of nitrogens with zero attached hydrogens (tertiary/aromatic N) is 4. The highest BCUT2D eigenvalue weighted by molar-refractivity contribution is 6.76. The van der Waals surface area contributed by atoms with Gasteiger partial charge in [0.25, 0.3) is 0 Å². The van der Waals surface area contributed by atoms with Crippen LogP contribution in [0.15, 0.2) is 6.07 Å². The van der Waals surface area contributed by atoms with Crippen LogP contribution in [0.2, 0.25) is 25.7 Å². The van der Waals surface area contributed by atoms with Crippen molar-refractivity contribution in [3.63, 3.8) is 0 Å². The van der Waals surface area contributed by atoms with Crippen molar-refractivity contribution < 1.29 is 38.4 Å². The Balaban J connectivity index is 2.79. The van der Waals surface area contributed by atoms with Crippen LogP contribution in [-0.4, -0.2) is 70.3 Å². The summed E-state index contributed by atoms with van der Waals surface area (Å²) >= 11 is 0. The van der Waals surface area contributed by atoms with Crippen LogP contribution >= 0.6 is 0 Å². The quantitative estimate of drug-likeness (QED) is 0.238. The third kappa shape index (κ3) is 9.77. The molecular weight excluding hydrogens is 536 g/mol. The van der Waals surface area contributed by atoms with Gasteiger partial charge >= 0.3 is 24.2 Å². The minimum Gasteiger partial charge on any atom is -0.477 e. The number of hydrogen-bond acceptors (Lipinski definition) is 9. The third-order valence-corrected chi connectivity index (χ3v) is 6.94. The van der Waals surface area contributed by atoms with Crippen LogP contribution in [0.25, 0.3) is 11.0 Å². The summed E-state index contributed by atoms with van der Waals surface area (Å²) in [5.74, 6) is -1.48. The second-order valence-corrected chi connectivity index (χ2v) is 18.3. The topological polar surface area (TPSA) is 142 Å². The first-order valence-corrected chi connectivity index (χ1v) is 17.1. The second-order valence-electron chi connectivity index (χ2n) is 12.7. The van der Waals surface area contributed by atoms with Gasteiger partial charge in [-0.3, -0.25) is 0 Å². The summed E-state index contributed by atoms with van der Waals surface area (Å²) in [6, 6.07) is 2.07. The number of aromatic nitrogens is 3. The van der Waals surface area contributed by atoms with Gasteiger partial charge in [-0.25, -0.2) is 14.4 Å². The zero-order valence-corrected chi connectivity index (χ0v) is 26.4. The molecule has 12 nitrogen and oxygen atoms in total. The van der Waals surface area contributed by atoms with Crippen molar-refractivity contribution in [2.45, 2.75) is 105 Å². The summed E-state index contributed by atoms with van der Waals surface area (Å²) in [6.07, 6.45) is -0.535. The molecule has 2 amide bonds. The number of carboxylic acid groups (broad SMARTS) is 1. The Hall–Kier alpha value is -3.19. The summed E-state index contributed by atoms with van der Waals surface area (Å²) in [7, 11) is -1.42. The average molecular weight is 581 g/mol. The normalized spacial score (nSPS) is 12.3. The molecule has 0 saturated heterocycles. The zero-order chi connectivity index (χ0) is 30.5. The lowest BCUT2D eigenvalue weighted by molar-refractivity contribution is 0.0428. The summed E-state index contributed by atoms with van der Waals surface area (Å²) in [6.45, 7) is 19.1. The third-order valence-electron chi connectivity index (χ3n) is 5.24. The van der Waals surface area contributed by atoms with Gasteiger partial charge in [0.1, 0.15) is 29.1 Å². The maximum Gasteiger partial charge on any atom is 0.425 e. The largest absolute Gasteiger partial charge is 0.477 e. The Morgan fingerprint density at radius 2 is 1.55 bits per heavy atom. The highest BCUT2D eigenvalue weighted by Gasteiger charge is 2.37. The number of anilines is 1. The van der Waals surface area contributed by atoms with E-state index in [4.69, 9.17) is 18.9 Å². The molecule has 2 aromatic heterocycles. The van der Waals surface area contributed by atoms with Crippen LogP contribution in [0.1, 0.15) is 71.8 Å². The number of carboxylic acids is 1. The molecule has 0 aliphatic carbocycles. The molecule has 2 heterocycles. The molecule has 1 N–H and O–H groups in total. The number of ether oxygens (including phenoxy) is 4. The first kappa shape index (κ1) is 33.0. The fourth-order valence-electron chi connectivity index (χ4n) is 3.36. The molecule has 0 unspecified atom stereocenters. The molecule has 0 aliphatic heterocycles. The van der Waals surface area contributed by atoms with Crippen molar-refractivity contribution in [1.82, 2.24) is 14.5 Å². The van der Waals surface area contributed by atoms with Crippen LogP contribution in [0.5, 0.6) is 6.01 Å². The Morgan fingerprint density at radius 1 is 0.975 bits per heavy atom. The summed E-state index contributed by atoms with van der Waals surface area (Å²) in [5.41, 5.74) is -1.83. The van der Waals surface area contributed by atoms with E-state index in [-0.39, 0.29) is 41.9 Å². The lowest BCUT2D eigenvalue weighted by atomic mass is 10.2. The first-order valence-electron chi connectivity index (χ1n) is 13.4. The minimum absolute atomic E-state index is 0.0879. The maximum absolute atomic E-state index is 13.5. The molecular formula is C27H44N4O8Si. The molecule has 2 rings (SSSR count). The average Bonchev–Trinajstić information content (AvgIpc) is 3.13. The molecule has 0 fully saturated rings. The molecule has 2 aromatic rings. The van der Waals surface area contributed by atoms with Gasteiger partial charge in [0.05, 0.1) is 12.1 Å². The highest BCUT2D eigenvalue weighted by Crippen LogP contribution is 2.32. The Morgan fingerprint density at radius 3 is 2.02 bits per heavy atom. The van der Waals surface area contributed by atoms with E-state index in [1.54, 1.807) is 41.5 Å². The number of imide groups is 1. The fraction of sp³-hybridized carbons (Fsp3) is 0.667. The minimum atomic E-state index is -1.42. The van der Waals surface area contributed by atoms with Crippen molar-refractivity contribution in [3.05, 3.63) is 11.8 Å². The second kappa shape index (κ2) is 13.0. The van der Waals surface area contributed by atoms with E-state index in [0.717, 1.165) is 12.5 Å². The fourth-order valence-corrected chi connectivity index (χ4v) is 4.12. The number of unbranched alkanes of at least 4 members (excludes halogenated alkanes) is 1. The van der Waals surface area contributed by atoms with E-state index >= 15 is 0 Å². The van der Waals surface area contributed by atoms with Gasteiger partial charge in [0.2, 0.25) is 0 Å². The molecule has 40 heavy (non-hydrogen) atoms. The SMILES string of the molecule is CCCCOc1nc(N(C(=O)OC(C)(C)C)C(=O)OC(C)(C)C)c2c(cc(C(=O)O)n2COCC[Si](C)(C)C)n1. The monoisotopic (exact) mass is 580 g/mol. The maximum atomic E-state index is 13.5. The van der Waals surface area contributed by atoms with Gasteiger partial charge in [-0.15, -0.1) is 0 Å². The molecule has 0 aromatic carbocycles. The smallest absolute Gasteiger partial charge is 0.425 e. The van der Waals surface area contributed by atoms with Crippen molar-refractivity contribution in [1.29, 1.82) is 0 Å². The van der Waals surface area contributed by atoms with Crippen molar-refractivity contribution in [3.8, 4) is 6.01 Å². The molecule has 0 aliphatic rings. The van der Waals surface area contributed by atoms with Gasteiger partial charge in [0, 0.05) is 14.7 Å². The Bertz CT molecular complexity index is 1180. The highest BCUT2D eigenvalue weighted by atomic mass is 28.3. The molecule has 0 saturated carbocycles. The van der Waals surface area contributed by atoms with E-state index in [2.05, 4.69) is 29.6 Å². The number of carbonyl (C=O) groups excluding carboxylic acids is 2. The van der Waals surface area contributed by atoms with Gasteiger partial charge in [-0.05, 0) is 60.1 Å². The van der Waals surface area contributed by atoms with Crippen molar-refractivity contribution in [2.75, 3.05) is 18.1 Å². The number of amides is 2. The van der Waals surface area contributed by atoms with E-state index in [1.807, 2.05) is 6.92 Å².